The second-order valence-corrected chi connectivity index (χ2v) is 3.75. The predicted octanol–water partition coefficient (Wildman–Crippen LogP) is 1.72. The first-order valence-electron chi connectivity index (χ1n) is 5.78. The number of anilines is 1. The van der Waals surface area contributed by atoms with Crippen LogP contribution in [0, 0.1) is 0 Å². The average molecular weight is 237 g/mol. The smallest absolute Gasteiger partial charge is 0.351 e. The number of ether oxygens (including phenoxy) is 1. The van der Waals surface area contributed by atoms with Gasteiger partial charge in [-0.25, -0.2) is 4.79 Å². The van der Waals surface area contributed by atoms with Gasteiger partial charge in [-0.2, -0.15) is 4.98 Å². The summed E-state index contributed by atoms with van der Waals surface area (Å²) in [5, 5.41) is 0. The van der Waals surface area contributed by atoms with Crippen molar-refractivity contribution in [2.24, 2.45) is 0 Å². The molecule has 5 nitrogen and oxygen atoms in total. The Labute approximate surface area is 101 Å². The Kier molecular flexibility index (Phi) is 5.42. The Morgan fingerprint density at radius 2 is 2.41 bits per heavy atom. The topological polar surface area (TPSA) is 70.1 Å². The van der Waals surface area contributed by atoms with Crippen molar-refractivity contribution >= 4 is 5.82 Å². The Morgan fingerprint density at radius 3 is 3.00 bits per heavy atom. The molecule has 0 radical (unpaired) electrons. The molecule has 1 aromatic rings. The molecule has 0 saturated carbocycles. The summed E-state index contributed by atoms with van der Waals surface area (Å²) in [6.45, 7) is 6.38. The minimum Gasteiger partial charge on any atom is -0.383 e. The molecule has 0 aliphatic heterocycles. The van der Waals surface area contributed by atoms with Crippen LogP contribution in [0.4, 0.5) is 5.82 Å². The van der Waals surface area contributed by atoms with Crippen LogP contribution in [0.1, 0.15) is 32.4 Å². The van der Waals surface area contributed by atoms with Crippen LogP contribution in [0.3, 0.4) is 0 Å². The molecular formula is C12H19N3O2. The van der Waals surface area contributed by atoms with Crippen molar-refractivity contribution in [2.45, 2.75) is 32.4 Å². The number of nitrogen functional groups attached to an aromatic ring is 1. The molecule has 0 aliphatic rings. The van der Waals surface area contributed by atoms with Gasteiger partial charge in [0.2, 0.25) is 0 Å². The number of hydrogen-bond acceptors (Lipinski definition) is 4. The first kappa shape index (κ1) is 13.4. The third-order valence-corrected chi connectivity index (χ3v) is 2.36. The summed E-state index contributed by atoms with van der Waals surface area (Å²) in [4.78, 5) is 15.2. The van der Waals surface area contributed by atoms with Crippen LogP contribution in [0.5, 0.6) is 0 Å². The number of unbranched alkanes of at least 4 members (excludes halogenated alkanes) is 2. The lowest BCUT2D eigenvalue weighted by molar-refractivity contribution is 0.0323. The highest BCUT2D eigenvalue weighted by atomic mass is 16.5. The van der Waals surface area contributed by atoms with Crippen molar-refractivity contribution < 1.29 is 4.74 Å². The average Bonchev–Trinajstić information content (AvgIpc) is 2.31. The zero-order valence-corrected chi connectivity index (χ0v) is 10.1. The number of rotatable bonds is 7. The van der Waals surface area contributed by atoms with Crippen LogP contribution < -0.4 is 11.4 Å². The fourth-order valence-electron chi connectivity index (χ4n) is 1.44. The third-order valence-electron chi connectivity index (χ3n) is 2.36. The highest BCUT2D eigenvalue weighted by molar-refractivity contribution is 5.23. The van der Waals surface area contributed by atoms with E-state index in [0.29, 0.717) is 6.61 Å². The van der Waals surface area contributed by atoms with Gasteiger partial charge in [0.05, 0.1) is 0 Å². The lowest BCUT2D eigenvalue weighted by atomic mass is 10.3. The Morgan fingerprint density at radius 1 is 1.65 bits per heavy atom. The molecule has 5 heteroatoms. The van der Waals surface area contributed by atoms with Crippen molar-refractivity contribution in [1.29, 1.82) is 0 Å². The van der Waals surface area contributed by atoms with Crippen molar-refractivity contribution in [1.82, 2.24) is 9.55 Å². The van der Waals surface area contributed by atoms with E-state index in [0.717, 1.165) is 19.3 Å². The molecule has 0 amide bonds. The quantitative estimate of drug-likeness (QED) is 0.579. The van der Waals surface area contributed by atoms with Crippen LogP contribution in [0.15, 0.2) is 29.7 Å². The highest BCUT2D eigenvalue weighted by Crippen LogP contribution is 2.08. The summed E-state index contributed by atoms with van der Waals surface area (Å²) in [7, 11) is 0. The van der Waals surface area contributed by atoms with Crippen molar-refractivity contribution in [3.05, 3.63) is 35.4 Å². The van der Waals surface area contributed by atoms with Crippen LogP contribution >= 0.6 is 0 Å². The predicted molar refractivity (Wildman–Crippen MR) is 67.6 cm³/mol. The highest BCUT2D eigenvalue weighted by Gasteiger charge is 2.08. The summed E-state index contributed by atoms with van der Waals surface area (Å²) in [6, 6.07) is 1.56. The van der Waals surface area contributed by atoms with E-state index in [1.165, 1.54) is 4.57 Å². The summed E-state index contributed by atoms with van der Waals surface area (Å²) < 4.78 is 6.93. The molecule has 17 heavy (non-hydrogen) atoms. The van der Waals surface area contributed by atoms with E-state index < -0.39 is 11.9 Å². The van der Waals surface area contributed by atoms with Gasteiger partial charge >= 0.3 is 5.69 Å². The number of nitrogens with zero attached hydrogens (tertiary/aromatic N) is 2. The monoisotopic (exact) mass is 237 g/mol. The number of aromatic nitrogens is 2. The van der Waals surface area contributed by atoms with E-state index in [-0.39, 0.29) is 5.82 Å². The first-order chi connectivity index (χ1) is 8.19. The lowest BCUT2D eigenvalue weighted by Crippen LogP contribution is -2.27. The van der Waals surface area contributed by atoms with Gasteiger partial charge in [0.1, 0.15) is 5.82 Å². The van der Waals surface area contributed by atoms with Crippen LogP contribution in [-0.2, 0) is 4.74 Å². The molecular weight excluding hydrogens is 218 g/mol. The second kappa shape index (κ2) is 6.85. The Bertz CT molecular complexity index is 414. The van der Waals surface area contributed by atoms with Gasteiger partial charge in [0.15, 0.2) is 6.23 Å². The minimum atomic E-state index is -0.479. The van der Waals surface area contributed by atoms with Crippen molar-refractivity contribution in [3.63, 3.8) is 0 Å². The molecule has 0 spiro atoms. The van der Waals surface area contributed by atoms with E-state index in [2.05, 4.69) is 18.5 Å². The molecule has 94 valence electrons. The molecule has 0 fully saturated rings. The van der Waals surface area contributed by atoms with Gasteiger partial charge in [-0.1, -0.05) is 26.3 Å². The van der Waals surface area contributed by atoms with Crippen LogP contribution in [0.25, 0.3) is 0 Å². The summed E-state index contributed by atoms with van der Waals surface area (Å²) in [6.07, 6.45) is 5.87. The first-order valence-corrected chi connectivity index (χ1v) is 5.78. The molecule has 0 bridgehead atoms. The molecule has 1 rings (SSSR count). The third kappa shape index (κ3) is 4.03. The maximum absolute atomic E-state index is 11.6. The van der Waals surface area contributed by atoms with Gasteiger partial charge in [-0.3, -0.25) is 4.57 Å². The molecule has 1 atom stereocenters. The molecule has 0 saturated heterocycles. The number of hydrogen-bond donors (Lipinski definition) is 1. The largest absolute Gasteiger partial charge is 0.383 e. The van der Waals surface area contributed by atoms with Crippen molar-refractivity contribution in [2.75, 3.05) is 12.3 Å². The van der Waals surface area contributed by atoms with Gasteiger partial charge in [0.25, 0.3) is 0 Å². The van der Waals surface area contributed by atoms with E-state index >= 15 is 0 Å². The summed E-state index contributed by atoms with van der Waals surface area (Å²) in [5.41, 5.74) is 4.99. The minimum absolute atomic E-state index is 0.208. The van der Waals surface area contributed by atoms with Crippen LogP contribution in [-0.4, -0.2) is 16.2 Å². The molecule has 2 N–H and O–H groups in total. The normalized spacial score (nSPS) is 12.3. The number of nitrogens with two attached hydrogens (primary N) is 1. The van der Waals surface area contributed by atoms with Crippen molar-refractivity contribution in [3.8, 4) is 0 Å². The SMILES string of the molecule is C=CC(OCCCCC)n1ccc(N)nc1=O. The van der Waals surface area contributed by atoms with Gasteiger partial charge in [-0.05, 0) is 18.6 Å². The van der Waals surface area contributed by atoms with Gasteiger partial charge in [0, 0.05) is 12.8 Å². The van der Waals surface area contributed by atoms with Gasteiger partial charge < -0.3 is 10.5 Å². The zero-order chi connectivity index (χ0) is 12.7. The Balaban J connectivity index is 2.66. The maximum Gasteiger partial charge on any atom is 0.351 e. The van der Waals surface area contributed by atoms with Crippen LogP contribution in [0.2, 0.25) is 0 Å². The van der Waals surface area contributed by atoms with E-state index in [1.54, 1.807) is 18.3 Å². The zero-order valence-electron chi connectivity index (χ0n) is 10.1. The maximum atomic E-state index is 11.6. The van der Waals surface area contributed by atoms with E-state index in [9.17, 15) is 4.79 Å². The van der Waals surface area contributed by atoms with Gasteiger partial charge in [-0.15, -0.1) is 0 Å². The van der Waals surface area contributed by atoms with E-state index in [1.807, 2.05) is 0 Å². The molecule has 1 heterocycles. The molecule has 0 aliphatic carbocycles. The Hall–Kier alpha value is -1.62. The second-order valence-electron chi connectivity index (χ2n) is 3.75. The lowest BCUT2D eigenvalue weighted by Gasteiger charge is -2.16. The van der Waals surface area contributed by atoms with E-state index in [4.69, 9.17) is 10.5 Å². The summed E-state index contributed by atoms with van der Waals surface area (Å²) in [5.74, 6) is 0.208. The molecule has 0 aromatic carbocycles. The fraction of sp³-hybridized carbons (Fsp3) is 0.500. The fourth-order valence-corrected chi connectivity index (χ4v) is 1.44. The standard InChI is InChI=1S/C12H19N3O2/c1-3-5-6-9-17-11(4-2)15-8-7-10(13)14-12(15)16/h4,7-8,11H,2-3,5-6,9H2,1H3,(H2,13,14,16). The molecule has 1 unspecified atom stereocenters. The summed E-state index contributed by atoms with van der Waals surface area (Å²) >= 11 is 0. The molecule has 1 aromatic heterocycles.